The fourth-order valence-electron chi connectivity index (χ4n) is 4.72. The van der Waals surface area contributed by atoms with Gasteiger partial charge in [0.1, 0.15) is 11.3 Å². The number of hydrogen-bond acceptors (Lipinski definition) is 6. The van der Waals surface area contributed by atoms with E-state index >= 15 is 0 Å². The van der Waals surface area contributed by atoms with Crippen LogP contribution in [-0.4, -0.2) is 62.8 Å². The molecule has 2 aromatic heterocycles. The SMILES string of the molecule is CC(C)(C)OC(=O)N1CCC(C(c2ccc(C(F)(F)F)nc2)n2cc(B3OC(C)(C)C(C)(C)O3)cn2)CC1. The first-order chi connectivity index (χ1) is 17.5. The second-order valence-corrected chi connectivity index (χ2v) is 12.1. The molecule has 0 aliphatic carbocycles. The average molecular weight is 536 g/mol. The molecule has 208 valence electrons. The fourth-order valence-corrected chi connectivity index (χ4v) is 4.72. The third-order valence-electron chi connectivity index (χ3n) is 7.49. The first-order valence-electron chi connectivity index (χ1n) is 12.9. The number of ether oxygens (including phenoxy) is 1. The summed E-state index contributed by atoms with van der Waals surface area (Å²) in [6.45, 7) is 14.3. The molecule has 2 aliphatic heterocycles. The van der Waals surface area contributed by atoms with Crippen molar-refractivity contribution >= 4 is 18.7 Å². The van der Waals surface area contributed by atoms with Gasteiger partial charge in [-0.25, -0.2) is 4.79 Å². The molecule has 0 radical (unpaired) electrons. The molecule has 38 heavy (non-hydrogen) atoms. The summed E-state index contributed by atoms with van der Waals surface area (Å²) in [5, 5.41) is 4.58. The number of likely N-dealkylation sites (tertiary alicyclic amines) is 1. The average Bonchev–Trinajstić information content (AvgIpc) is 3.35. The first-order valence-corrected chi connectivity index (χ1v) is 12.9. The summed E-state index contributed by atoms with van der Waals surface area (Å²) in [5.41, 5.74) is -1.26. The lowest BCUT2D eigenvalue weighted by Gasteiger charge is -2.37. The van der Waals surface area contributed by atoms with E-state index in [2.05, 4.69) is 10.1 Å². The molecular weight excluding hydrogens is 500 g/mol. The lowest BCUT2D eigenvalue weighted by Crippen LogP contribution is -2.43. The molecule has 12 heteroatoms. The lowest BCUT2D eigenvalue weighted by atomic mass is 9.81. The number of pyridine rings is 1. The summed E-state index contributed by atoms with van der Waals surface area (Å²) in [4.78, 5) is 17.9. The predicted octanol–water partition coefficient (Wildman–Crippen LogP) is 4.83. The van der Waals surface area contributed by atoms with Gasteiger partial charge in [0.15, 0.2) is 0 Å². The number of rotatable bonds is 4. The van der Waals surface area contributed by atoms with E-state index in [4.69, 9.17) is 14.0 Å². The number of halogens is 3. The molecule has 2 fully saturated rings. The number of nitrogens with zero attached hydrogens (tertiary/aromatic N) is 4. The van der Waals surface area contributed by atoms with Crippen LogP contribution in [0.5, 0.6) is 0 Å². The van der Waals surface area contributed by atoms with E-state index in [-0.39, 0.29) is 18.1 Å². The molecule has 0 bridgehead atoms. The van der Waals surface area contributed by atoms with Crippen molar-refractivity contribution in [2.24, 2.45) is 5.92 Å². The van der Waals surface area contributed by atoms with Gasteiger partial charge in [-0.3, -0.25) is 9.67 Å². The van der Waals surface area contributed by atoms with Gasteiger partial charge in [-0.1, -0.05) is 6.07 Å². The van der Waals surface area contributed by atoms with Crippen LogP contribution in [-0.2, 0) is 20.2 Å². The smallest absolute Gasteiger partial charge is 0.444 e. The molecule has 1 unspecified atom stereocenters. The van der Waals surface area contributed by atoms with Crippen molar-refractivity contribution in [1.29, 1.82) is 0 Å². The highest BCUT2D eigenvalue weighted by atomic mass is 19.4. The number of alkyl halides is 3. The molecule has 2 aromatic rings. The molecule has 2 aliphatic rings. The molecule has 0 saturated carbocycles. The van der Waals surface area contributed by atoms with E-state index in [1.807, 2.05) is 54.7 Å². The highest BCUT2D eigenvalue weighted by molar-refractivity contribution is 6.62. The van der Waals surface area contributed by atoms with Crippen LogP contribution >= 0.6 is 0 Å². The molecule has 0 spiro atoms. The Bertz CT molecular complexity index is 1120. The van der Waals surface area contributed by atoms with Gasteiger partial charge in [0.2, 0.25) is 0 Å². The molecule has 8 nitrogen and oxygen atoms in total. The zero-order chi connectivity index (χ0) is 28.1. The zero-order valence-corrected chi connectivity index (χ0v) is 23.0. The van der Waals surface area contributed by atoms with E-state index in [0.29, 0.717) is 31.5 Å². The van der Waals surface area contributed by atoms with Gasteiger partial charge < -0.3 is 18.9 Å². The van der Waals surface area contributed by atoms with E-state index in [0.717, 1.165) is 11.5 Å². The topological polar surface area (TPSA) is 78.7 Å². The van der Waals surface area contributed by atoms with Crippen LogP contribution in [0.1, 0.15) is 78.6 Å². The van der Waals surface area contributed by atoms with Gasteiger partial charge in [-0.2, -0.15) is 18.3 Å². The standard InChI is InChI=1S/C26H36BF3N4O4/c1-23(2,3)36-22(35)33-12-10-17(11-13-33)21(18-8-9-20(31-14-18)26(28,29)30)34-16-19(15-32-34)27-37-24(4,5)25(6,7)38-27/h8-9,14-17,21H,10-13H2,1-7H3. The molecule has 0 N–H and O–H groups in total. The Hall–Kier alpha value is -2.60. The highest BCUT2D eigenvalue weighted by Crippen LogP contribution is 2.38. The van der Waals surface area contributed by atoms with Crippen molar-refractivity contribution in [2.45, 2.75) is 90.3 Å². The Labute approximate surface area is 222 Å². The number of amides is 1. The Morgan fingerprint density at radius 2 is 1.68 bits per heavy atom. The summed E-state index contributed by atoms with van der Waals surface area (Å²) < 4.78 is 59.1. The second kappa shape index (κ2) is 9.86. The van der Waals surface area contributed by atoms with Crippen LogP contribution in [0.3, 0.4) is 0 Å². The monoisotopic (exact) mass is 536 g/mol. The second-order valence-electron chi connectivity index (χ2n) is 12.1. The van der Waals surface area contributed by atoms with Gasteiger partial charge in [0.25, 0.3) is 0 Å². The predicted molar refractivity (Wildman–Crippen MR) is 136 cm³/mol. The van der Waals surface area contributed by atoms with E-state index in [9.17, 15) is 18.0 Å². The van der Waals surface area contributed by atoms with Gasteiger partial charge in [-0.15, -0.1) is 0 Å². The number of carbonyl (C=O) groups is 1. The summed E-state index contributed by atoms with van der Waals surface area (Å²) in [6, 6.07) is 2.06. The fraction of sp³-hybridized carbons (Fsp3) is 0.654. The molecule has 4 heterocycles. The van der Waals surface area contributed by atoms with Gasteiger partial charge in [0, 0.05) is 37.1 Å². The summed E-state index contributed by atoms with van der Waals surface area (Å²) in [6.07, 6.45) is 1.11. The maximum Gasteiger partial charge on any atom is 0.498 e. The van der Waals surface area contributed by atoms with E-state index in [1.54, 1.807) is 15.8 Å². The van der Waals surface area contributed by atoms with Crippen molar-refractivity contribution in [2.75, 3.05) is 13.1 Å². The number of carbonyl (C=O) groups excluding carboxylic acids is 1. The third-order valence-corrected chi connectivity index (χ3v) is 7.49. The van der Waals surface area contributed by atoms with Crippen LogP contribution in [0, 0.1) is 5.92 Å². The molecule has 1 amide bonds. The van der Waals surface area contributed by atoms with Crippen molar-refractivity contribution in [3.8, 4) is 0 Å². The molecular formula is C26H36BF3N4O4. The van der Waals surface area contributed by atoms with E-state index in [1.165, 1.54) is 12.3 Å². The maximum absolute atomic E-state index is 13.2. The minimum Gasteiger partial charge on any atom is -0.444 e. The third kappa shape index (κ3) is 6.01. The Kier molecular flexibility index (Phi) is 7.37. The molecule has 1 atom stereocenters. The largest absolute Gasteiger partial charge is 0.498 e. The molecule has 0 aromatic carbocycles. The maximum atomic E-state index is 13.2. The van der Waals surface area contributed by atoms with Crippen LogP contribution in [0.25, 0.3) is 0 Å². The van der Waals surface area contributed by atoms with Crippen molar-refractivity contribution in [1.82, 2.24) is 19.7 Å². The minimum atomic E-state index is -4.53. The van der Waals surface area contributed by atoms with Crippen molar-refractivity contribution in [3.05, 3.63) is 42.0 Å². The highest BCUT2D eigenvalue weighted by Gasteiger charge is 2.52. The normalized spacial score (nSPS) is 21.0. The quantitative estimate of drug-likeness (QED) is 0.521. The van der Waals surface area contributed by atoms with Crippen molar-refractivity contribution in [3.63, 3.8) is 0 Å². The van der Waals surface area contributed by atoms with Gasteiger partial charge in [-0.05, 0) is 78.9 Å². The van der Waals surface area contributed by atoms with E-state index < -0.39 is 35.8 Å². The molecule has 2 saturated heterocycles. The van der Waals surface area contributed by atoms with Crippen LogP contribution in [0.4, 0.5) is 18.0 Å². The summed E-state index contributed by atoms with van der Waals surface area (Å²) in [5.74, 6) is -0.00160. The van der Waals surface area contributed by atoms with Crippen LogP contribution < -0.4 is 5.46 Å². The number of hydrogen-bond donors (Lipinski definition) is 0. The molecule has 4 rings (SSSR count). The van der Waals surface area contributed by atoms with Crippen LogP contribution in [0.2, 0.25) is 0 Å². The first kappa shape index (κ1) is 28.4. The summed E-state index contributed by atoms with van der Waals surface area (Å²) in [7, 11) is -0.617. The summed E-state index contributed by atoms with van der Waals surface area (Å²) >= 11 is 0. The zero-order valence-electron chi connectivity index (χ0n) is 23.0. The van der Waals surface area contributed by atoms with Crippen LogP contribution in [0.15, 0.2) is 30.7 Å². The lowest BCUT2D eigenvalue weighted by molar-refractivity contribution is -0.141. The minimum absolute atomic E-state index is 0.00160. The Morgan fingerprint density at radius 1 is 1.08 bits per heavy atom. The Morgan fingerprint density at radius 3 is 2.18 bits per heavy atom. The van der Waals surface area contributed by atoms with Gasteiger partial charge >= 0.3 is 19.4 Å². The number of aromatic nitrogens is 3. The number of piperidine rings is 1. The Balaban J connectivity index is 1.59. The van der Waals surface area contributed by atoms with Gasteiger partial charge in [0.05, 0.1) is 17.2 Å². The van der Waals surface area contributed by atoms with Crippen molar-refractivity contribution < 1.29 is 32.0 Å².